The number of hydrogen-bond acceptors (Lipinski definition) is 5. The number of nitrogens with zero attached hydrogens (tertiary/aromatic N) is 1. The maximum absolute atomic E-state index is 11.7. The maximum atomic E-state index is 11.7. The lowest BCUT2D eigenvalue weighted by Crippen LogP contribution is -2.09. The molecule has 6 nitrogen and oxygen atoms in total. The van der Waals surface area contributed by atoms with E-state index in [1.165, 1.54) is 29.9 Å². The minimum atomic E-state index is -1.03. The quantitative estimate of drug-likeness (QED) is 0.825. The van der Waals surface area contributed by atoms with E-state index in [4.69, 9.17) is 5.11 Å². The molecule has 2 rings (SSSR count). The molecule has 7 heteroatoms. The van der Waals surface area contributed by atoms with Crippen molar-refractivity contribution in [2.45, 2.75) is 0 Å². The summed E-state index contributed by atoms with van der Waals surface area (Å²) in [6.07, 6.45) is 5.15. The Bertz CT molecular complexity index is 586. The van der Waals surface area contributed by atoms with Crippen LogP contribution in [0.15, 0.2) is 34.5 Å². The van der Waals surface area contributed by atoms with Crippen LogP contribution in [-0.4, -0.2) is 22.1 Å². The first-order chi connectivity index (χ1) is 8.65. The van der Waals surface area contributed by atoms with E-state index in [0.717, 1.165) is 6.08 Å². The fourth-order valence-corrected chi connectivity index (χ4v) is 1.96. The van der Waals surface area contributed by atoms with Crippen molar-refractivity contribution < 1.29 is 19.2 Å². The molecule has 2 heterocycles. The summed E-state index contributed by atoms with van der Waals surface area (Å²) in [6, 6.07) is 1.60. The van der Waals surface area contributed by atoms with Crippen molar-refractivity contribution >= 4 is 35.0 Å². The van der Waals surface area contributed by atoms with Gasteiger partial charge in [0.05, 0.1) is 11.8 Å². The van der Waals surface area contributed by atoms with Gasteiger partial charge in [-0.3, -0.25) is 4.79 Å². The fourth-order valence-electron chi connectivity index (χ4n) is 1.18. The third kappa shape index (κ3) is 3.05. The second kappa shape index (κ2) is 5.28. The Morgan fingerprint density at radius 3 is 3.00 bits per heavy atom. The van der Waals surface area contributed by atoms with Crippen LogP contribution in [0.3, 0.4) is 0 Å². The number of thiophene rings is 1. The van der Waals surface area contributed by atoms with Gasteiger partial charge in [0.15, 0.2) is 0 Å². The first-order valence-electron chi connectivity index (χ1n) is 4.85. The second-order valence-corrected chi connectivity index (χ2v) is 4.22. The van der Waals surface area contributed by atoms with Gasteiger partial charge in [0, 0.05) is 16.3 Å². The molecule has 0 atom stereocenters. The zero-order valence-electron chi connectivity index (χ0n) is 8.99. The van der Waals surface area contributed by atoms with Crippen molar-refractivity contribution in [2.24, 2.45) is 0 Å². The molecule has 0 unspecified atom stereocenters. The monoisotopic (exact) mass is 264 g/mol. The van der Waals surface area contributed by atoms with Gasteiger partial charge in [0.1, 0.15) is 12.0 Å². The summed E-state index contributed by atoms with van der Waals surface area (Å²) in [5, 5.41) is 16.2. The zero-order chi connectivity index (χ0) is 13.0. The summed E-state index contributed by atoms with van der Waals surface area (Å²) in [5.74, 6) is -1.33. The molecule has 0 aromatic carbocycles. The van der Waals surface area contributed by atoms with E-state index >= 15 is 0 Å². The van der Waals surface area contributed by atoms with Gasteiger partial charge in [0.2, 0.25) is 0 Å². The third-order valence-electron chi connectivity index (χ3n) is 1.96. The van der Waals surface area contributed by atoms with E-state index in [0.29, 0.717) is 16.1 Å². The average Bonchev–Trinajstić information content (AvgIpc) is 2.96. The van der Waals surface area contributed by atoms with Gasteiger partial charge in [0.25, 0.3) is 5.91 Å². The molecule has 18 heavy (non-hydrogen) atoms. The SMILES string of the molecule is O=C(O)C=Cc1cc(C(=O)Nc2cnoc2)cs1. The highest BCUT2D eigenvalue weighted by Gasteiger charge is 2.09. The highest BCUT2D eigenvalue weighted by atomic mass is 32.1. The third-order valence-corrected chi connectivity index (χ3v) is 2.86. The fraction of sp³-hybridized carbons (Fsp3) is 0. The first-order valence-corrected chi connectivity index (χ1v) is 5.73. The number of aromatic nitrogens is 1. The number of carboxylic acid groups (broad SMARTS) is 1. The molecule has 92 valence electrons. The lowest BCUT2D eigenvalue weighted by Gasteiger charge is -1.97. The van der Waals surface area contributed by atoms with Gasteiger partial charge in [-0.25, -0.2) is 4.79 Å². The highest BCUT2D eigenvalue weighted by molar-refractivity contribution is 7.11. The van der Waals surface area contributed by atoms with E-state index < -0.39 is 5.97 Å². The largest absolute Gasteiger partial charge is 0.478 e. The molecule has 0 aliphatic rings. The molecular weight excluding hydrogens is 256 g/mol. The molecule has 0 aliphatic carbocycles. The molecule has 1 amide bonds. The van der Waals surface area contributed by atoms with Gasteiger partial charge in [-0.1, -0.05) is 5.16 Å². The van der Waals surface area contributed by atoms with Crippen molar-refractivity contribution in [1.29, 1.82) is 0 Å². The Kier molecular flexibility index (Phi) is 3.54. The lowest BCUT2D eigenvalue weighted by atomic mass is 10.3. The Labute approximate surface area is 106 Å². The van der Waals surface area contributed by atoms with Crippen molar-refractivity contribution in [3.63, 3.8) is 0 Å². The second-order valence-electron chi connectivity index (χ2n) is 3.28. The molecule has 2 aromatic rings. The molecule has 0 bridgehead atoms. The van der Waals surface area contributed by atoms with E-state index in [-0.39, 0.29) is 5.91 Å². The molecule has 0 saturated heterocycles. The van der Waals surface area contributed by atoms with Gasteiger partial charge in [-0.15, -0.1) is 11.3 Å². The predicted molar refractivity (Wildman–Crippen MR) is 65.4 cm³/mol. The van der Waals surface area contributed by atoms with Crippen LogP contribution >= 0.6 is 11.3 Å². The molecule has 0 spiro atoms. The number of carbonyl (C=O) groups is 2. The Balaban J connectivity index is 2.05. The smallest absolute Gasteiger partial charge is 0.328 e. The summed E-state index contributed by atoms with van der Waals surface area (Å²) < 4.78 is 4.58. The number of amides is 1. The Hall–Kier alpha value is -2.41. The number of rotatable bonds is 4. The van der Waals surface area contributed by atoms with Crippen molar-refractivity contribution in [2.75, 3.05) is 5.32 Å². The normalized spacial score (nSPS) is 10.7. The van der Waals surface area contributed by atoms with Crippen LogP contribution in [0.4, 0.5) is 5.69 Å². The lowest BCUT2D eigenvalue weighted by molar-refractivity contribution is -0.131. The Morgan fingerprint density at radius 2 is 2.33 bits per heavy atom. The first kappa shape index (κ1) is 12.1. The number of nitrogens with one attached hydrogen (secondary N) is 1. The average molecular weight is 264 g/mol. The van der Waals surface area contributed by atoms with Gasteiger partial charge >= 0.3 is 5.97 Å². The molecule has 0 saturated carbocycles. The standard InChI is InChI=1S/C11H8N2O4S/c14-10(15)2-1-9-3-7(6-18-9)11(16)13-8-4-12-17-5-8/h1-6H,(H,13,16)(H,14,15). The van der Waals surface area contributed by atoms with Gasteiger partial charge < -0.3 is 14.9 Å². The van der Waals surface area contributed by atoms with Crippen LogP contribution in [0.2, 0.25) is 0 Å². The summed E-state index contributed by atoms with van der Waals surface area (Å²) in [6.45, 7) is 0. The predicted octanol–water partition coefficient (Wildman–Crippen LogP) is 2.09. The van der Waals surface area contributed by atoms with E-state index in [9.17, 15) is 9.59 Å². The summed E-state index contributed by atoms with van der Waals surface area (Å²) in [5.41, 5.74) is 0.917. The van der Waals surface area contributed by atoms with Crippen LogP contribution in [0.25, 0.3) is 6.08 Å². The zero-order valence-corrected chi connectivity index (χ0v) is 9.81. The van der Waals surface area contributed by atoms with Crippen LogP contribution in [-0.2, 0) is 4.79 Å². The minimum Gasteiger partial charge on any atom is -0.478 e. The van der Waals surface area contributed by atoms with Crippen molar-refractivity contribution in [3.05, 3.63) is 40.4 Å². The van der Waals surface area contributed by atoms with Crippen LogP contribution in [0.1, 0.15) is 15.2 Å². The molecule has 2 aromatic heterocycles. The number of hydrogen-bond donors (Lipinski definition) is 2. The maximum Gasteiger partial charge on any atom is 0.328 e. The summed E-state index contributed by atoms with van der Waals surface area (Å²) >= 11 is 1.28. The van der Waals surface area contributed by atoms with E-state index in [2.05, 4.69) is 15.0 Å². The molecule has 0 radical (unpaired) electrons. The Morgan fingerprint density at radius 1 is 1.50 bits per heavy atom. The number of carbonyl (C=O) groups excluding carboxylic acids is 1. The van der Waals surface area contributed by atoms with E-state index in [1.807, 2.05) is 0 Å². The van der Waals surface area contributed by atoms with E-state index in [1.54, 1.807) is 11.4 Å². The van der Waals surface area contributed by atoms with Crippen LogP contribution < -0.4 is 5.32 Å². The number of anilines is 1. The van der Waals surface area contributed by atoms with Gasteiger partial charge in [-0.05, 0) is 12.1 Å². The molecule has 2 N–H and O–H groups in total. The highest BCUT2D eigenvalue weighted by Crippen LogP contribution is 2.17. The topological polar surface area (TPSA) is 92.4 Å². The summed E-state index contributed by atoms with van der Waals surface area (Å²) in [4.78, 5) is 22.8. The van der Waals surface area contributed by atoms with Crippen LogP contribution in [0.5, 0.6) is 0 Å². The van der Waals surface area contributed by atoms with Crippen molar-refractivity contribution in [1.82, 2.24) is 5.16 Å². The van der Waals surface area contributed by atoms with Crippen molar-refractivity contribution in [3.8, 4) is 0 Å². The van der Waals surface area contributed by atoms with Crippen LogP contribution in [0, 0.1) is 0 Å². The van der Waals surface area contributed by atoms with Gasteiger partial charge in [-0.2, -0.15) is 0 Å². The molecular formula is C11H8N2O4S. The number of aliphatic carboxylic acids is 1. The summed E-state index contributed by atoms with van der Waals surface area (Å²) in [7, 11) is 0. The molecule has 0 aliphatic heterocycles. The minimum absolute atomic E-state index is 0.301. The number of carboxylic acids is 1. The molecule has 0 fully saturated rings.